The van der Waals surface area contributed by atoms with Crippen molar-refractivity contribution in [3.8, 4) is 0 Å². The summed E-state index contributed by atoms with van der Waals surface area (Å²) in [6, 6.07) is -0.832. The number of nitrogens with zero attached hydrogens (tertiary/aromatic N) is 2. The van der Waals surface area contributed by atoms with E-state index in [-0.39, 0.29) is 11.8 Å². The number of carboxylic acids is 1. The number of carboxylic acid groups (broad SMARTS) is 1. The van der Waals surface area contributed by atoms with Gasteiger partial charge < -0.3 is 15.7 Å². The molecule has 7 nitrogen and oxygen atoms in total. The lowest BCUT2D eigenvalue weighted by atomic mass is 9.87. The average molecular weight is 296 g/mol. The molecule has 21 heavy (non-hydrogen) atoms. The second kappa shape index (κ2) is 6.60. The smallest absolute Gasteiger partial charge is 0.319 e. The monoisotopic (exact) mass is 296 g/mol. The molecule has 0 fully saturated rings. The van der Waals surface area contributed by atoms with Gasteiger partial charge in [0.25, 0.3) is 0 Å². The second-order valence-electron chi connectivity index (χ2n) is 6.46. The van der Waals surface area contributed by atoms with E-state index in [1.807, 2.05) is 20.8 Å². The second-order valence-corrected chi connectivity index (χ2v) is 6.46. The molecule has 0 radical (unpaired) electrons. The zero-order valence-electron chi connectivity index (χ0n) is 13.2. The van der Waals surface area contributed by atoms with Crippen LogP contribution in [0.1, 0.15) is 39.3 Å². The summed E-state index contributed by atoms with van der Waals surface area (Å²) in [6.07, 6.45) is 2.18. The first-order valence-electron chi connectivity index (χ1n) is 6.86. The third kappa shape index (κ3) is 6.29. The van der Waals surface area contributed by atoms with Crippen molar-refractivity contribution < 1.29 is 14.7 Å². The van der Waals surface area contributed by atoms with Crippen LogP contribution in [0, 0.1) is 12.3 Å². The van der Waals surface area contributed by atoms with Gasteiger partial charge in [-0.05, 0) is 18.8 Å². The number of carbonyl (C=O) groups excluding carboxylic acids is 1. The van der Waals surface area contributed by atoms with Crippen LogP contribution in [-0.4, -0.2) is 32.9 Å². The minimum absolute atomic E-state index is 0.0718. The topological polar surface area (TPSA) is 96.3 Å². The third-order valence-electron chi connectivity index (χ3n) is 2.88. The van der Waals surface area contributed by atoms with Crippen LogP contribution in [0.15, 0.2) is 6.20 Å². The number of urea groups is 1. The zero-order valence-corrected chi connectivity index (χ0v) is 13.2. The Kier molecular flexibility index (Phi) is 5.34. The molecule has 3 N–H and O–H groups in total. The number of hydrogen-bond donors (Lipinski definition) is 3. The van der Waals surface area contributed by atoms with Gasteiger partial charge in [0.1, 0.15) is 0 Å². The highest BCUT2D eigenvalue weighted by molar-refractivity contribution is 5.90. The average Bonchev–Trinajstić information content (AvgIpc) is 2.52. The molecule has 0 aliphatic rings. The van der Waals surface area contributed by atoms with Crippen molar-refractivity contribution in [1.29, 1.82) is 0 Å². The number of anilines is 1. The van der Waals surface area contributed by atoms with Gasteiger partial charge in [-0.15, -0.1) is 0 Å². The highest BCUT2D eigenvalue weighted by Gasteiger charge is 2.23. The lowest BCUT2D eigenvalue weighted by Crippen LogP contribution is -2.41. The van der Waals surface area contributed by atoms with Crippen LogP contribution in [0.2, 0.25) is 0 Å². The Bertz CT molecular complexity index is 517. The predicted octanol–water partition coefficient (Wildman–Crippen LogP) is 2.13. The van der Waals surface area contributed by atoms with Gasteiger partial charge in [-0.25, -0.2) is 4.79 Å². The van der Waals surface area contributed by atoms with Gasteiger partial charge in [0.2, 0.25) is 0 Å². The Balaban J connectivity index is 2.67. The molecule has 0 aliphatic heterocycles. The summed E-state index contributed by atoms with van der Waals surface area (Å²) in [7, 11) is 1.77. The van der Waals surface area contributed by atoms with Crippen LogP contribution in [0.4, 0.5) is 10.5 Å². The maximum atomic E-state index is 12.0. The molecule has 0 aromatic carbocycles. The van der Waals surface area contributed by atoms with Gasteiger partial charge in [0, 0.05) is 19.3 Å². The first-order valence-corrected chi connectivity index (χ1v) is 6.86. The van der Waals surface area contributed by atoms with Crippen molar-refractivity contribution in [2.45, 2.75) is 46.6 Å². The van der Waals surface area contributed by atoms with Crippen molar-refractivity contribution in [3.05, 3.63) is 11.9 Å². The number of aromatic nitrogens is 2. The number of hydrogen-bond acceptors (Lipinski definition) is 3. The molecule has 118 valence electrons. The fraction of sp³-hybridized carbons (Fsp3) is 0.643. The van der Waals surface area contributed by atoms with Crippen LogP contribution in [-0.2, 0) is 11.8 Å². The minimum Gasteiger partial charge on any atom is -0.481 e. The molecule has 7 heteroatoms. The number of aryl methyl sites for hydroxylation is 2. The molecule has 1 aromatic heterocycles. The number of nitrogens with one attached hydrogen (secondary N) is 2. The predicted molar refractivity (Wildman–Crippen MR) is 80.2 cm³/mol. The summed E-state index contributed by atoms with van der Waals surface area (Å²) in [5.74, 6) is -0.929. The van der Waals surface area contributed by atoms with Gasteiger partial charge in [0.15, 0.2) is 0 Å². The quantitative estimate of drug-likeness (QED) is 0.775. The highest BCUT2D eigenvalue weighted by Crippen LogP contribution is 2.22. The molecule has 1 rings (SSSR count). The lowest BCUT2D eigenvalue weighted by Gasteiger charge is -2.25. The maximum Gasteiger partial charge on any atom is 0.319 e. The van der Waals surface area contributed by atoms with E-state index in [4.69, 9.17) is 5.11 Å². The van der Waals surface area contributed by atoms with Gasteiger partial charge in [-0.3, -0.25) is 9.48 Å². The summed E-state index contributed by atoms with van der Waals surface area (Å²) in [5, 5.41) is 18.5. The van der Waals surface area contributed by atoms with Gasteiger partial charge >= 0.3 is 12.0 Å². The summed E-state index contributed by atoms with van der Waals surface area (Å²) < 4.78 is 1.61. The first-order chi connectivity index (χ1) is 9.56. The number of rotatable bonds is 5. The van der Waals surface area contributed by atoms with Gasteiger partial charge in [0.05, 0.1) is 17.8 Å². The van der Waals surface area contributed by atoms with Crippen molar-refractivity contribution >= 4 is 17.7 Å². The lowest BCUT2D eigenvalue weighted by molar-refractivity contribution is -0.137. The van der Waals surface area contributed by atoms with Crippen molar-refractivity contribution in [2.75, 3.05) is 5.32 Å². The van der Waals surface area contributed by atoms with Crippen LogP contribution < -0.4 is 10.6 Å². The molecular weight excluding hydrogens is 272 g/mol. The van der Waals surface area contributed by atoms with Crippen molar-refractivity contribution in [1.82, 2.24) is 15.1 Å². The fourth-order valence-electron chi connectivity index (χ4n) is 2.19. The summed E-state index contributed by atoms with van der Waals surface area (Å²) in [6.45, 7) is 7.81. The molecule has 1 aromatic rings. The maximum absolute atomic E-state index is 12.0. The molecule has 0 saturated heterocycles. The van der Waals surface area contributed by atoms with Crippen molar-refractivity contribution in [2.24, 2.45) is 12.5 Å². The molecule has 1 atom stereocenters. The largest absolute Gasteiger partial charge is 0.481 e. The summed E-state index contributed by atoms with van der Waals surface area (Å²) >= 11 is 0. The number of carbonyl (C=O) groups is 2. The van der Waals surface area contributed by atoms with E-state index in [9.17, 15) is 9.59 Å². The van der Waals surface area contributed by atoms with E-state index in [1.54, 1.807) is 24.9 Å². The van der Waals surface area contributed by atoms with Crippen LogP contribution >= 0.6 is 0 Å². The van der Waals surface area contributed by atoms with Gasteiger partial charge in [-0.2, -0.15) is 5.10 Å². The zero-order chi connectivity index (χ0) is 16.2. The summed E-state index contributed by atoms with van der Waals surface area (Å²) in [5.41, 5.74) is 1.25. The molecule has 1 unspecified atom stereocenters. The molecule has 0 aliphatic carbocycles. The number of aliphatic carboxylic acids is 1. The molecule has 0 bridgehead atoms. The van der Waals surface area contributed by atoms with E-state index in [0.29, 0.717) is 17.8 Å². The normalized spacial score (nSPS) is 12.8. The van der Waals surface area contributed by atoms with E-state index >= 15 is 0 Å². The first kappa shape index (κ1) is 17.0. The van der Waals surface area contributed by atoms with Gasteiger partial charge in [-0.1, -0.05) is 20.8 Å². The van der Waals surface area contributed by atoms with E-state index in [2.05, 4.69) is 15.7 Å². The van der Waals surface area contributed by atoms with E-state index < -0.39 is 18.0 Å². The highest BCUT2D eigenvalue weighted by atomic mass is 16.4. The minimum atomic E-state index is -0.929. The Morgan fingerprint density at radius 3 is 2.48 bits per heavy atom. The third-order valence-corrected chi connectivity index (χ3v) is 2.88. The Labute approximate surface area is 124 Å². The molecule has 0 saturated carbocycles. The van der Waals surface area contributed by atoms with Crippen LogP contribution in [0.3, 0.4) is 0 Å². The standard InChI is InChI=1S/C14H24N4O3/c1-9-11(8-18(5)17-9)16-13(21)15-10(6-12(19)20)7-14(2,3)4/h8,10H,6-7H2,1-5H3,(H,19,20)(H2,15,16,21). The summed E-state index contributed by atoms with van der Waals surface area (Å²) in [4.78, 5) is 22.9. The molecule has 1 heterocycles. The van der Waals surface area contributed by atoms with Crippen LogP contribution in [0.25, 0.3) is 0 Å². The van der Waals surface area contributed by atoms with E-state index in [0.717, 1.165) is 0 Å². The Hall–Kier alpha value is -2.05. The van der Waals surface area contributed by atoms with Crippen LogP contribution in [0.5, 0.6) is 0 Å². The Morgan fingerprint density at radius 2 is 2.05 bits per heavy atom. The fourth-order valence-corrected chi connectivity index (χ4v) is 2.19. The Morgan fingerprint density at radius 1 is 1.43 bits per heavy atom. The molecule has 2 amide bonds. The molecular formula is C14H24N4O3. The number of amides is 2. The SMILES string of the molecule is Cc1nn(C)cc1NC(=O)NC(CC(=O)O)CC(C)(C)C. The molecule has 0 spiro atoms. The van der Waals surface area contributed by atoms with E-state index in [1.165, 1.54) is 0 Å². The van der Waals surface area contributed by atoms with Crippen molar-refractivity contribution in [3.63, 3.8) is 0 Å².